The van der Waals surface area contributed by atoms with Gasteiger partial charge in [-0.15, -0.1) is 0 Å². The molecule has 4 unspecified atom stereocenters. The Balaban J connectivity index is 1.97. The number of hydrogen-bond acceptors (Lipinski definition) is 3. The Morgan fingerprint density at radius 1 is 1.07 bits per heavy atom. The molecule has 3 heteroatoms. The van der Waals surface area contributed by atoms with E-state index >= 15 is 0 Å². The predicted octanol–water partition coefficient (Wildman–Crippen LogP) is 1.76. The van der Waals surface area contributed by atoms with Crippen LogP contribution in [0.3, 0.4) is 0 Å². The van der Waals surface area contributed by atoms with E-state index in [1.807, 2.05) is 0 Å². The summed E-state index contributed by atoms with van der Waals surface area (Å²) in [5.74, 6) is 0.0596. The molecule has 2 aliphatic carbocycles. The first-order valence-electron chi connectivity index (χ1n) is 5.73. The van der Waals surface area contributed by atoms with Crippen molar-refractivity contribution in [3.05, 3.63) is 0 Å². The van der Waals surface area contributed by atoms with Crippen LogP contribution < -0.4 is 0 Å². The first-order chi connectivity index (χ1) is 6.98. The third-order valence-corrected chi connectivity index (χ3v) is 4.38. The van der Waals surface area contributed by atoms with Gasteiger partial charge in [0.2, 0.25) is 0 Å². The molecule has 2 saturated carbocycles. The zero-order valence-electron chi connectivity index (χ0n) is 9.16. The minimum Gasteiger partial charge on any atom is -0.393 e. The highest BCUT2D eigenvalue weighted by Crippen LogP contribution is 2.58. The van der Waals surface area contributed by atoms with Gasteiger partial charge in [-0.25, -0.2) is 0 Å². The van der Waals surface area contributed by atoms with Gasteiger partial charge >= 0.3 is 11.9 Å². The fourth-order valence-corrected chi connectivity index (χ4v) is 4.11. The summed E-state index contributed by atoms with van der Waals surface area (Å²) in [6, 6.07) is 0. The van der Waals surface area contributed by atoms with Crippen molar-refractivity contribution in [2.75, 3.05) is 0 Å². The van der Waals surface area contributed by atoms with Crippen molar-refractivity contribution in [3.63, 3.8) is 0 Å². The second-order valence-corrected chi connectivity index (χ2v) is 6.12. The van der Waals surface area contributed by atoms with Gasteiger partial charge in [0.15, 0.2) is 0 Å². The van der Waals surface area contributed by atoms with Gasteiger partial charge in [0.1, 0.15) is 0 Å². The quantitative estimate of drug-likeness (QED) is 0.450. The average Bonchev–Trinajstić information content (AvgIpc) is 2.51. The SMILES string of the molecule is CC1(C)CC2CC(C1)C1C(=O)OC(=O)C21. The van der Waals surface area contributed by atoms with Crippen molar-refractivity contribution in [2.45, 2.75) is 33.1 Å². The van der Waals surface area contributed by atoms with E-state index in [2.05, 4.69) is 13.8 Å². The molecule has 0 amide bonds. The van der Waals surface area contributed by atoms with Crippen molar-refractivity contribution in [2.24, 2.45) is 29.1 Å². The first-order valence-corrected chi connectivity index (χ1v) is 5.73. The van der Waals surface area contributed by atoms with Gasteiger partial charge in [-0.05, 0) is 36.5 Å². The summed E-state index contributed by atoms with van der Waals surface area (Å²) in [5.41, 5.74) is 0.290. The van der Waals surface area contributed by atoms with Gasteiger partial charge < -0.3 is 4.74 Å². The lowest BCUT2D eigenvalue weighted by Gasteiger charge is -2.35. The Bertz CT molecular complexity index is 315. The lowest BCUT2D eigenvalue weighted by molar-refractivity contribution is -0.155. The molecule has 82 valence electrons. The molecule has 3 aliphatic rings. The maximum atomic E-state index is 11.6. The highest BCUT2D eigenvalue weighted by atomic mass is 16.6. The van der Waals surface area contributed by atoms with Crippen LogP contribution in [0.25, 0.3) is 0 Å². The molecule has 0 aromatic carbocycles. The van der Waals surface area contributed by atoms with Gasteiger partial charge in [-0.1, -0.05) is 13.8 Å². The predicted molar refractivity (Wildman–Crippen MR) is 52.7 cm³/mol. The van der Waals surface area contributed by atoms with Crippen LogP contribution in [0.5, 0.6) is 0 Å². The highest BCUT2D eigenvalue weighted by molar-refractivity contribution is 5.97. The Kier molecular flexibility index (Phi) is 1.64. The number of carbonyl (C=O) groups excluding carboxylic acids is 2. The van der Waals surface area contributed by atoms with Gasteiger partial charge in [-0.3, -0.25) is 9.59 Å². The van der Waals surface area contributed by atoms with Crippen molar-refractivity contribution < 1.29 is 14.3 Å². The van der Waals surface area contributed by atoms with E-state index in [9.17, 15) is 9.59 Å². The number of fused-ring (bicyclic) bond motifs is 5. The summed E-state index contributed by atoms with van der Waals surface area (Å²) >= 11 is 0. The Morgan fingerprint density at radius 3 is 2.00 bits per heavy atom. The molecule has 0 aromatic rings. The zero-order chi connectivity index (χ0) is 10.8. The van der Waals surface area contributed by atoms with Crippen molar-refractivity contribution in [1.82, 2.24) is 0 Å². The second kappa shape index (κ2) is 2.63. The normalized spacial score (nSPS) is 46.5. The molecule has 15 heavy (non-hydrogen) atoms. The fourth-order valence-electron chi connectivity index (χ4n) is 4.11. The standard InChI is InChI=1S/C12H16O3/c1-12(2)4-6-3-7(5-12)9-8(6)10(13)15-11(9)14/h6-9H,3-5H2,1-2H3. The molecule has 2 bridgehead atoms. The lowest BCUT2D eigenvalue weighted by Crippen LogP contribution is -2.27. The molecule has 0 aromatic heterocycles. The molecular formula is C12H16O3. The van der Waals surface area contributed by atoms with Crippen LogP contribution in [-0.4, -0.2) is 11.9 Å². The third-order valence-electron chi connectivity index (χ3n) is 4.38. The average molecular weight is 208 g/mol. The number of hydrogen-bond donors (Lipinski definition) is 0. The van der Waals surface area contributed by atoms with E-state index in [0.717, 1.165) is 19.3 Å². The molecule has 3 fully saturated rings. The van der Waals surface area contributed by atoms with E-state index < -0.39 is 0 Å². The van der Waals surface area contributed by atoms with E-state index in [4.69, 9.17) is 4.74 Å². The molecule has 0 spiro atoms. The summed E-state index contributed by atoms with van der Waals surface area (Å²) in [5, 5.41) is 0. The molecule has 0 N–H and O–H groups in total. The minimum absolute atomic E-state index is 0.107. The summed E-state index contributed by atoms with van der Waals surface area (Å²) in [6.07, 6.45) is 3.18. The van der Waals surface area contributed by atoms with E-state index in [-0.39, 0.29) is 23.8 Å². The Hall–Kier alpha value is -0.860. The monoisotopic (exact) mass is 208 g/mol. The smallest absolute Gasteiger partial charge is 0.317 e. The summed E-state index contributed by atoms with van der Waals surface area (Å²) in [7, 11) is 0. The number of cyclic esters (lactones) is 2. The van der Waals surface area contributed by atoms with Crippen LogP contribution in [0.2, 0.25) is 0 Å². The summed E-state index contributed by atoms with van der Waals surface area (Å²) in [6.45, 7) is 4.48. The topological polar surface area (TPSA) is 43.4 Å². The molecule has 1 heterocycles. The molecule has 4 atom stereocenters. The molecule has 1 aliphatic heterocycles. The Labute approximate surface area is 89.2 Å². The van der Waals surface area contributed by atoms with Crippen LogP contribution in [0.15, 0.2) is 0 Å². The van der Waals surface area contributed by atoms with Crippen LogP contribution in [-0.2, 0) is 14.3 Å². The van der Waals surface area contributed by atoms with Gasteiger partial charge in [0, 0.05) is 0 Å². The van der Waals surface area contributed by atoms with Crippen LogP contribution in [0, 0.1) is 29.1 Å². The number of ether oxygens (including phenoxy) is 1. The van der Waals surface area contributed by atoms with Crippen LogP contribution in [0.1, 0.15) is 33.1 Å². The zero-order valence-corrected chi connectivity index (χ0v) is 9.16. The van der Waals surface area contributed by atoms with E-state index in [0.29, 0.717) is 17.3 Å². The summed E-state index contributed by atoms with van der Waals surface area (Å²) in [4.78, 5) is 23.2. The fraction of sp³-hybridized carbons (Fsp3) is 0.833. The second-order valence-electron chi connectivity index (χ2n) is 6.12. The number of rotatable bonds is 0. The van der Waals surface area contributed by atoms with Crippen LogP contribution in [0.4, 0.5) is 0 Å². The van der Waals surface area contributed by atoms with Crippen molar-refractivity contribution in [3.8, 4) is 0 Å². The summed E-state index contributed by atoms with van der Waals surface area (Å²) < 4.78 is 4.75. The van der Waals surface area contributed by atoms with Gasteiger partial charge in [0.05, 0.1) is 11.8 Å². The van der Waals surface area contributed by atoms with Crippen LogP contribution >= 0.6 is 0 Å². The maximum Gasteiger partial charge on any atom is 0.317 e. The third kappa shape index (κ3) is 1.18. The van der Waals surface area contributed by atoms with Crippen molar-refractivity contribution >= 4 is 11.9 Å². The first kappa shape index (κ1) is 9.37. The lowest BCUT2D eigenvalue weighted by atomic mass is 9.70. The maximum absolute atomic E-state index is 11.6. The number of carbonyl (C=O) groups is 2. The van der Waals surface area contributed by atoms with Gasteiger partial charge in [-0.2, -0.15) is 0 Å². The Morgan fingerprint density at radius 2 is 1.53 bits per heavy atom. The van der Waals surface area contributed by atoms with E-state index in [1.54, 1.807) is 0 Å². The van der Waals surface area contributed by atoms with E-state index in [1.165, 1.54) is 0 Å². The molecular weight excluding hydrogens is 192 g/mol. The molecule has 1 saturated heterocycles. The van der Waals surface area contributed by atoms with Gasteiger partial charge in [0.25, 0.3) is 0 Å². The molecule has 3 nitrogen and oxygen atoms in total. The molecule has 3 rings (SSSR count). The highest BCUT2D eigenvalue weighted by Gasteiger charge is 2.60. The largest absolute Gasteiger partial charge is 0.393 e. The minimum atomic E-state index is -0.254. The van der Waals surface area contributed by atoms with Crippen molar-refractivity contribution in [1.29, 1.82) is 0 Å². The molecule has 0 radical (unpaired) electrons. The number of esters is 2.